The highest BCUT2D eigenvalue weighted by atomic mass is 16.2. The van der Waals surface area contributed by atoms with Gasteiger partial charge in [0.1, 0.15) is 0 Å². The molecule has 23 heavy (non-hydrogen) atoms. The molecule has 8 nitrogen and oxygen atoms in total. The molecule has 0 unspecified atom stereocenters. The lowest BCUT2D eigenvalue weighted by Crippen LogP contribution is -2.37. The molecule has 126 valence electrons. The molecule has 1 amide bonds. The van der Waals surface area contributed by atoms with Crippen molar-refractivity contribution in [2.24, 2.45) is 12.8 Å². The van der Waals surface area contributed by atoms with Gasteiger partial charge in [0, 0.05) is 37.4 Å². The minimum Gasteiger partial charge on any atom is -0.330 e. The van der Waals surface area contributed by atoms with E-state index in [1.54, 1.807) is 15.8 Å². The van der Waals surface area contributed by atoms with Gasteiger partial charge in [-0.05, 0) is 27.7 Å². The zero-order valence-corrected chi connectivity index (χ0v) is 14.4. The zero-order valence-electron chi connectivity index (χ0n) is 14.4. The van der Waals surface area contributed by atoms with Gasteiger partial charge in [-0.15, -0.1) is 5.10 Å². The van der Waals surface area contributed by atoms with Crippen molar-refractivity contribution in [2.75, 3.05) is 6.54 Å². The van der Waals surface area contributed by atoms with E-state index in [1.165, 1.54) is 0 Å². The first kappa shape index (κ1) is 17.1. The summed E-state index contributed by atoms with van der Waals surface area (Å²) in [5.74, 6) is -0.133. The van der Waals surface area contributed by atoms with Gasteiger partial charge >= 0.3 is 0 Å². The molecule has 2 heterocycles. The summed E-state index contributed by atoms with van der Waals surface area (Å²) in [6, 6.07) is 0.0427. The van der Waals surface area contributed by atoms with Gasteiger partial charge in [-0.2, -0.15) is 5.10 Å². The van der Waals surface area contributed by atoms with E-state index >= 15 is 0 Å². The lowest BCUT2D eigenvalue weighted by Gasteiger charge is -2.26. The van der Waals surface area contributed by atoms with Crippen LogP contribution in [-0.4, -0.2) is 48.2 Å². The Morgan fingerprint density at radius 2 is 2.09 bits per heavy atom. The normalized spacial score (nSPS) is 11.3. The van der Waals surface area contributed by atoms with Crippen LogP contribution >= 0.6 is 0 Å². The molecule has 2 aromatic rings. The lowest BCUT2D eigenvalue weighted by molar-refractivity contribution is 0.0683. The largest absolute Gasteiger partial charge is 0.330 e. The number of carbonyl (C=O) groups is 1. The summed E-state index contributed by atoms with van der Waals surface area (Å²) in [4.78, 5) is 14.6. The predicted molar refractivity (Wildman–Crippen MR) is 86.8 cm³/mol. The van der Waals surface area contributed by atoms with E-state index in [4.69, 9.17) is 5.73 Å². The quantitative estimate of drug-likeness (QED) is 0.843. The molecular weight excluding hydrogens is 294 g/mol. The molecule has 0 radical (unpaired) electrons. The Morgan fingerprint density at radius 1 is 1.39 bits per heavy atom. The average molecular weight is 319 g/mol. The minimum absolute atomic E-state index is 0.0427. The van der Waals surface area contributed by atoms with Crippen molar-refractivity contribution in [1.29, 1.82) is 0 Å². The van der Waals surface area contributed by atoms with Crippen molar-refractivity contribution in [2.45, 2.75) is 46.8 Å². The molecular formula is C15H25N7O. The molecule has 0 aliphatic rings. The van der Waals surface area contributed by atoms with E-state index < -0.39 is 0 Å². The monoisotopic (exact) mass is 319 g/mol. The molecule has 0 atom stereocenters. The molecule has 2 aromatic heterocycles. The summed E-state index contributed by atoms with van der Waals surface area (Å²) in [6.45, 7) is 9.46. The number of aryl methyl sites for hydroxylation is 2. The Kier molecular flexibility index (Phi) is 5.15. The van der Waals surface area contributed by atoms with Gasteiger partial charge in [-0.3, -0.25) is 14.2 Å². The summed E-state index contributed by atoms with van der Waals surface area (Å²) < 4.78 is 3.43. The fourth-order valence-corrected chi connectivity index (χ4v) is 2.49. The molecule has 0 aromatic carbocycles. The highest BCUT2D eigenvalue weighted by molar-refractivity contribution is 5.92. The van der Waals surface area contributed by atoms with Crippen LogP contribution in [0, 0.1) is 13.8 Å². The highest BCUT2D eigenvalue weighted by Gasteiger charge is 2.24. The molecule has 2 rings (SSSR count). The van der Waals surface area contributed by atoms with Crippen LogP contribution in [0.5, 0.6) is 0 Å². The van der Waals surface area contributed by atoms with E-state index in [0.29, 0.717) is 25.3 Å². The number of carbonyl (C=O) groups excluding carboxylic acids is 1. The van der Waals surface area contributed by atoms with Crippen molar-refractivity contribution in [3.05, 3.63) is 28.8 Å². The number of hydrogen-bond acceptors (Lipinski definition) is 5. The fourth-order valence-electron chi connectivity index (χ4n) is 2.49. The van der Waals surface area contributed by atoms with Gasteiger partial charge in [-0.1, -0.05) is 5.21 Å². The summed E-state index contributed by atoms with van der Waals surface area (Å²) in [5.41, 5.74) is 8.91. The van der Waals surface area contributed by atoms with E-state index in [-0.39, 0.29) is 11.9 Å². The number of nitrogens with two attached hydrogens (primary N) is 1. The van der Waals surface area contributed by atoms with Crippen LogP contribution in [-0.2, 0) is 20.1 Å². The molecule has 0 bridgehead atoms. The SMILES string of the molecule is Cc1nn(C)c(C)c1CN(C(=O)c1cn(CCN)nn1)C(C)C. The second kappa shape index (κ2) is 6.91. The number of aromatic nitrogens is 5. The predicted octanol–water partition coefficient (Wildman–Crippen LogP) is 0.638. The topological polar surface area (TPSA) is 94.9 Å². The molecule has 0 aliphatic carbocycles. The highest BCUT2D eigenvalue weighted by Crippen LogP contribution is 2.18. The van der Waals surface area contributed by atoms with E-state index in [0.717, 1.165) is 17.0 Å². The second-order valence-corrected chi connectivity index (χ2v) is 5.96. The number of hydrogen-bond donors (Lipinski definition) is 1. The van der Waals surface area contributed by atoms with Gasteiger partial charge in [-0.25, -0.2) is 0 Å². The van der Waals surface area contributed by atoms with E-state index in [9.17, 15) is 4.79 Å². The molecule has 8 heteroatoms. The first-order valence-corrected chi connectivity index (χ1v) is 7.75. The van der Waals surface area contributed by atoms with Crippen LogP contribution < -0.4 is 5.73 Å². The van der Waals surface area contributed by atoms with Crippen LogP contribution in [0.1, 0.15) is 41.3 Å². The molecule has 0 aliphatic heterocycles. The first-order chi connectivity index (χ1) is 10.8. The van der Waals surface area contributed by atoms with Gasteiger partial charge in [0.05, 0.1) is 18.4 Å². The van der Waals surface area contributed by atoms with Crippen LogP contribution in [0.15, 0.2) is 6.20 Å². The smallest absolute Gasteiger partial charge is 0.276 e. The Balaban J connectivity index is 2.25. The van der Waals surface area contributed by atoms with Crippen LogP contribution in [0.4, 0.5) is 0 Å². The van der Waals surface area contributed by atoms with Crippen molar-refractivity contribution in [1.82, 2.24) is 29.7 Å². The number of amides is 1. The zero-order chi connectivity index (χ0) is 17.1. The van der Waals surface area contributed by atoms with Crippen LogP contribution in [0.3, 0.4) is 0 Å². The molecule has 0 saturated carbocycles. The number of rotatable bonds is 6. The number of nitrogens with zero attached hydrogens (tertiary/aromatic N) is 6. The lowest BCUT2D eigenvalue weighted by atomic mass is 10.1. The first-order valence-electron chi connectivity index (χ1n) is 7.75. The Labute approximate surface area is 136 Å². The van der Waals surface area contributed by atoms with Crippen molar-refractivity contribution >= 4 is 5.91 Å². The van der Waals surface area contributed by atoms with Crippen molar-refractivity contribution < 1.29 is 4.79 Å². The summed E-state index contributed by atoms with van der Waals surface area (Å²) in [7, 11) is 1.91. The molecule has 2 N–H and O–H groups in total. The summed E-state index contributed by atoms with van der Waals surface area (Å²) in [5, 5.41) is 12.3. The van der Waals surface area contributed by atoms with E-state index in [2.05, 4.69) is 15.4 Å². The maximum atomic E-state index is 12.8. The summed E-state index contributed by atoms with van der Waals surface area (Å²) >= 11 is 0. The third-order valence-electron chi connectivity index (χ3n) is 3.99. The molecule has 0 fully saturated rings. The maximum Gasteiger partial charge on any atom is 0.276 e. The third kappa shape index (κ3) is 3.58. The summed E-state index contributed by atoms with van der Waals surface area (Å²) in [6.07, 6.45) is 1.65. The average Bonchev–Trinajstić information content (AvgIpc) is 3.03. The third-order valence-corrected chi connectivity index (χ3v) is 3.99. The Hall–Kier alpha value is -2.22. The van der Waals surface area contributed by atoms with Gasteiger partial charge in [0.25, 0.3) is 5.91 Å². The molecule has 0 spiro atoms. The van der Waals surface area contributed by atoms with Gasteiger partial charge < -0.3 is 10.6 Å². The van der Waals surface area contributed by atoms with Crippen molar-refractivity contribution in [3.8, 4) is 0 Å². The molecule has 0 saturated heterocycles. The maximum absolute atomic E-state index is 12.8. The van der Waals surface area contributed by atoms with Crippen LogP contribution in [0.25, 0.3) is 0 Å². The minimum atomic E-state index is -0.133. The Bertz CT molecular complexity index is 686. The van der Waals surface area contributed by atoms with Crippen molar-refractivity contribution in [3.63, 3.8) is 0 Å². The van der Waals surface area contributed by atoms with Crippen LogP contribution in [0.2, 0.25) is 0 Å². The van der Waals surface area contributed by atoms with E-state index in [1.807, 2.05) is 39.4 Å². The standard InChI is InChI=1S/C15H25N7O/c1-10(2)22(8-13-11(3)18-20(5)12(13)4)15(23)14-9-21(7-6-16)19-17-14/h9-10H,6-8,16H2,1-5H3. The Morgan fingerprint density at radius 3 is 2.61 bits per heavy atom. The second-order valence-electron chi connectivity index (χ2n) is 5.96. The fraction of sp³-hybridized carbons (Fsp3) is 0.600. The van der Waals surface area contributed by atoms with Gasteiger partial charge in [0.15, 0.2) is 5.69 Å². The van der Waals surface area contributed by atoms with Gasteiger partial charge in [0.2, 0.25) is 0 Å².